The van der Waals surface area contributed by atoms with Crippen LogP contribution in [0.2, 0.25) is 5.02 Å². The number of rotatable bonds is 8. The highest BCUT2D eigenvalue weighted by Crippen LogP contribution is 2.31. The summed E-state index contributed by atoms with van der Waals surface area (Å²) >= 11 is 7.79. The first-order valence-corrected chi connectivity index (χ1v) is 11.4. The van der Waals surface area contributed by atoms with Crippen molar-refractivity contribution in [1.29, 1.82) is 0 Å². The Morgan fingerprint density at radius 3 is 2.81 bits per heavy atom. The first-order chi connectivity index (χ1) is 15.2. The Bertz CT molecular complexity index is 1200. The van der Waals surface area contributed by atoms with Crippen molar-refractivity contribution in [3.05, 3.63) is 83.4 Å². The van der Waals surface area contributed by atoms with Crippen LogP contribution in [-0.4, -0.2) is 27.0 Å². The minimum Gasteiger partial charge on any atom is -0.337 e. The number of benzene rings is 2. The van der Waals surface area contributed by atoms with Crippen LogP contribution < -0.4 is 4.90 Å². The predicted octanol–water partition coefficient (Wildman–Crippen LogP) is 6.27. The van der Waals surface area contributed by atoms with Gasteiger partial charge in [0.05, 0.1) is 16.5 Å². The Labute approximate surface area is 202 Å². The molecule has 1 amide bonds. The second-order valence-electron chi connectivity index (χ2n) is 7.11. The van der Waals surface area contributed by atoms with Gasteiger partial charge in [0.25, 0.3) is 5.91 Å². The molecule has 0 saturated heterocycles. The Morgan fingerprint density at radius 1 is 1.22 bits per heavy atom. The average Bonchev–Trinajstić information content (AvgIpc) is 3.45. The molecule has 5 nitrogen and oxygen atoms in total. The van der Waals surface area contributed by atoms with Gasteiger partial charge in [-0.05, 0) is 42.2 Å². The van der Waals surface area contributed by atoms with E-state index in [0.29, 0.717) is 11.6 Å². The van der Waals surface area contributed by atoms with Gasteiger partial charge in [-0.1, -0.05) is 60.2 Å². The third-order valence-electron chi connectivity index (χ3n) is 5.04. The van der Waals surface area contributed by atoms with Crippen LogP contribution >= 0.6 is 35.3 Å². The van der Waals surface area contributed by atoms with Crippen LogP contribution in [-0.2, 0) is 17.8 Å². The van der Waals surface area contributed by atoms with Gasteiger partial charge in [-0.3, -0.25) is 9.69 Å². The molecule has 0 saturated carbocycles. The number of hydrogen-bond donors (Lipinski definition) is 0. The first kappa shape index (κ1) is 24.0. The van der Waals surface area contributed by atoms with Crippen molar-refractivity contribution >= 4 is 62.7 Å². The van der Waals surface area contributed by atoms with E-state index >= 15 is 0 Å². The number of thiazole rings is 1. The van der Waals surface area contributed by atoms with E-state index in [4.69, 9.17) is 16.6 Å². The quantitative estimate of drug-likeness (QED) is 0.276. The highest BCUT2D eigenvalue weighted by molar-refractivity contribution is 7.22. The summed E-state index contributed by atoms with van der Waals surface area (Å²) in [6.45, 7) is 3.46. The van der Waals surface area contributed by atoms with Crippen molar-refractivity contribution in [3.63, 3.8) is 0 Å². The third-order valence-corrected chi connectivity index (χ3v) is 6.42. The number of fused-ring (bicyclic) bond motifs is 1. The number of imidazole rings is 1. The zero-order valence-electron chi connectivity index (χ0n) is 17.6. The fourth-order valence-corrected chi connectivity index (χ4v) is 4.63. The van der Waals surface area contributed by atoms with Crippen molar-refractivity contribution in [2.45, 2.75) is 26.3 Å². The number of carbonyl (C=O) groups is 1. The summed E-state index contributed by atoms with van der Waals surface area (Å²) in [5, 5.41) is 1.33. The second kappa shape index (κ2) is 11.3. The molecular weight excluding hydrogens is 463 g/mol. The predicted molar refractivity (Wildman–Crippen MR) is 136 cm³/mol. The van der Waals surface area contributed by atoms with E-state index < -0.39 is 0 Å². The molecule has 4 aromatic rings. The topological polar surface area (TPSA) is 51.0 Å². The van der Waals surface area contributed by atoms with Gasteiger partial charge >= 0.3 is 0 Å². The van der Waals surface area contributed by atoms with E-state index in [-0.39, 0.29) is 18.3 Å². The second-order valence-corrected chi connectivity index (χ2v) is 8.53. The number of aryl methyl sites for hydroxylation is 2. The molecule has 0 bridgehead atoms. The molecule has 2 aromatic carbocycles. The van der Waals surface area contributed by atoms with Gasteiger partial charge in [-0.25, -0.2) is 9.97 Å². The van der Waals surface area contributed by atoms with Crippen LogP contribution in [0.5, 0.6) is 0 Å². The molecule has 0 aliphatic rings. The summed E-state index contributed by atoms with van der Waals surface area (Å²) in [6.07, 6.45) is 10.5. The molecule has 2 aromatic heterocycles. The lowest BCUT2D eigenvalue weighted by atomic mass is 10.1. The summed E-state index contributed by atoms with van der Waals surface area (Å²) in [7, 11) is 0. The molecule has 4 rings (SSSR count). The highest BCUT2D eigenvalue weighted by Gasteiger charge is 2.18. The number of amides is 1. The minimum absolute atomic E-state index is 0. The zero-order chi connectivity index (χ0) is 21.6. The lowest BCUT2D eigenvalue weighted by Gasteiger charge is -2.18. The van der Waals surface area contributed by atoms with Crippen LogP contribution in [0, 0.1) is 0 Å². The maximum atomic E-state index is 13.2. The summed E-state index contributed by atoms with van der Waals surface area (Å²) < 4.78 is 3.10. The highest BCUT2D eigenvalue weighted by atomic mass is 35.5. The molecule has 0 fully saturated rings. The fourth-order valence-electron chi connectivity index (χ4n) is 3.39. The van der Waals surface area contributed by atoms with Crippen LogP contribution in [0.4, 0.5) is 5.13 Å². The molecule has 0 aliphatic carbocycles. The Hall–Kier alpha value is -2.67. The minimum atomic E-state index is -0.109. The van der Waals surface area contributed by atoms with Crippen LogP contribution in [0.25, 0.3) is 16.3 Å². The smallest absolute Gasteiger partial charge is 0.252 e. The van der Waals surface area contributed by atoms with Gasteiger partial charge in [0.1, 0.15) is 0 Å². The zero-order valence-corrected chi connectivity index (χ0v) is 20.0. The van der Waals surface area contributed by atoms with Gasteiger partial charge in [0.15, 0.2) is 5.13 Å². The first-order valence-electron chi connectivity index (χ1n) is 10.2. The Kier molecular flexibility index (Phi) is 8.45. The Morgan fingerprint density at radius 2 is 2.06 bits per heavy atom. The molecule has 0 aliphatic heterocycles. The van der Waals surface area contributed by atoms with Gasteiger partial charge in [-0.15, -0.1) is 12.4 Å². The normalized spacial score (nSPS) is 11.1. The monoisotopic (exact) mass is 486 g/mol. The van der Waals surface area contributed by atoms with Gasteiger partial charge in [0, 0.05) is 36.6 Å². The molecular formula is C24H24Cl2N4OS. The summed E-state index contributed by atoms with van der Waals surface area (Å²) in [4.78, 5) is 23.9. The summed E-state index contributed by atoms with van der Waals surface area (Å²) in [6, 6.07) is 13.7. The summed E-state index contributed by atoms with van der Waals surface area (Å²) in [5.74, 6) is -0.109. The fraction of sp³-hybridized carbons (Fsp3) is 0.208. The van der Waals surface area contributed by atoms with E-state index in [0.717, 1.165) is 40.3 Å². The number of anilines is 1. The van der Waals surface area contributed by atoms with E-state index in [1.807, 2.05) is 41.1 Å². The van der Waals surface area contributed by atoms with Crippen LogP contribution in [0.1, 0.15) is 24.5 Å². The SMILES string of the molecule is CCc1cccc2sc(N(CCCn3ccnc3)C(=O)/C=C/c3ccccc3Cl)nc12.Cl. The molecule has 0 unspecified atom stereocenters. The molecule has 0 atom stereocenters. The molecule has 166 valence electrons. The van der Waals surface area contributed by atoms with E-state index in [1.54, 1.807) is 40.9 Å². The molecule has 8 heteroatoms. The number of nitrogens with zero attached hydrogens (tertiary/aromatic N) is 4. The molecule has 0 radical (unpaired) electrons. The lowest BCUT2D eigenvalue weighted by Crippen LogP contribution is -2.30. The standard InChI is InChI=1S/C24H23ClN4OS.ClH/c1-2-18-8-5-10-21-23(18)27-24(31-21)29(15-6-14-28-16-13-26-17-28)22(30)12-11-19-7-3-4-9-20(19)25;/h3-5,7-13,16-17H,2,6,14-15H2,1H3;1H/b12-11+;. The molecule has 0 spiro atoms. The number of hydrogen-bond acceptors (Lipinski definition) is 4. The van der Waals surface area contributed by atoms with Crippen LogP contribution in [0.3, 0.4) is 0 Å². The maximum Gasteiger partial charge on any atom is 0.252 e. The Balaban J connectivity index is 0.00000289. The number of carbonyl (C=O) groups excluding carboxylic acids is 1. The summed E-state index contributed by atoms with van der Waals surface area (Å²) in [5.41, 5.74) is 2.98. The largest absolute Gasteiger partial charge is 0.337 e. The van der Waals surface area contributed by atoms with Gasteiger partial charge in [-0.2, -0.15) is 0 Å². The van der Waals surface area contributed by atoms with E-state index in [9.17, 15) is 4.79 Å². The van der Waals surface area contributed by atoms with Crippen LogP contribution in [0.15, 0.2) is 67.3 Å². The van der Waals surface area contributed by atoms with Crippen molar-refractivity contribution in [3.8, 4) is 0 Å². The molecule has 2 heterocycles. The van der Waals surface area contributed by atoms with Gasteiger partial charge in [0.2, 0.25) is 0 Å². The number of halogens is 2. The van der Waals surface area contributed by atoms with E-state index in [2.05, 4.69) is 24.0 Å². The van der Waals surface area contributed by atoms with Crippen molar-refractivity contribution in [1.82, 2.24) is 14.5 Å². The molecule has 32 heavy (non-hydrogen) atoms. The lowest BCUT2D eigenvalue weighted by molar-refractivity contribution is -0.114. The van der Waals surface area contributed by atoms with Gasteiger partial charge < -0.3 is 4.57 Å². The van der Waals surface area contributed by atoms with E-state index in [1.165, 1.54) is 5.56 Å². The number of aromatic nitrogens is 3. The van der Waals surface area contributed by atoms with Crippen molar-refractivity contribution in [2.24, 2.45) is 0 Å². The van der Waals surface area contributed by atoms with Crippen molar-refractivity contribution < 1.29 is 4.79 Å². The van der Waals surface area contributed by atoms with Crippen molar-refractivity contribution in [2.75, 3.05) is 11.4 Å². The number of para-hydroxylation sites is 1. The molecule has 0 N–H and O–H groups in total. The maximum absolute atomic E-state index is 13.2. The average molecular weight is 487 g/mol. The third kappa shape index (κ3) is 5.57.